The van der Waals surface area contributed by atoms with Gasteiger partial charge in [0.1, 0.15) is 0 Å². The van der Waals surface area contributed by atoms with Gasteiger partial charge in [-0.05, 0) is 28.8 Å². The van der Waals surface area contributed by atoms with Crippen molar-refractivity contribution >= 4 is 11.8 Å². The summed E-state index contributed by atoms with van der Waals surface area (Å²) in [5, 5.41) is 0. The molecule has 1 fully saturated rings. The van der Waals surface area contributed by atoms with Crippen LogP contribution in [-0.4, -0.2) is 56.9 Å². The number of hydrogen-bond acceptors (Lipinski definition) is 4. The number of rotatable bonds is 7. The molecule has 166 valence electrons. The Balaban J connectivity index is 1.48. The molecule has 3 heterocycles. The molecule has 2 amide bonds. The smallest absolute Gasteiger partial charge is 0.242 e. The number of amides is 2. The van der Waals surface area contributed by atoms with E-state index >= 15 is 0 Å². The molecule has 1 saturated heterocycles. The number of aromatic nitrogens is 2. The van der Waals surface area contributed by atoms with E-state index in [1.165, 1.54) is 0 Å². The second-order valence-electron chi connectivity index (χ2n) is 8.19. The highest BCUT2D eigenvalue weighted by molar-refractivity contribution is 5.86. The van der Waals surface area contributed by atoms with Gasteiger partial charge in [-0.15, -0.1) is 0 Å². The molecule has 2 aromatic heterocycles. The molecule has 0 saturated carbocycles. The highest BCUT2D eigenvalue weighted by Crippen LogP contribution is 2.15. The van der Waals surface area contributed by atoms with E-state index in [0.717, 1.165) is 16.7 Å². The SMILES string of the molecule is Cn1ccc(CC(=O)N2CC(=O)N(Cc3ccccc3)CC(OCc3cccnc3)C2)c1. The van der Waals surface area contributed by atoms with E-state index in [4.69, 9.17) is 4.74 Å². The molecule has 0 N–H and O–H groups in total. The van der Waals surface area contributed by atoms with Crippen LogP contribution in [0.15, 0.2) is 73.3 Å². The van der Waals surface area contributed by atoms with Crippen molar-refractivity contribution in [2.24, 2.45) is 7.05 Å². The monoisotopic (exact) mass is 432 g/mol. The quantitative estimate of drug-likeness (QED) is 0.575. The third-order valence-electron chi connectivity index (χ3n) is 5.55. The van der Waals surface area contributed by atoms with E-state index in [-0.39, 0.29) is 30.9 Å². The molecule has 0 aliphatic carbocycles. The molecule has 0 spiro atoms. The van der Waals surface area contributed by atoms with Crippen LogP contribution in [0.25, 0.3) is 0 Å². The number of ether oxygens (including phenoxy) is 1. The number of hydrogen-bond donors (Lipinski definition) is 0. The maximum Gasteiger partial charge on any atom is 0.242 e. The summed E-state index contributed by atoms with van der Waals surface area (Å²) in [4.78, 5) is 33.7. The van der Waals surface area contributed by atoms with E-state index < -0.39 is 0 Å². The summed E-state index contributed by atoms with van der Waals surface area (Å²) in [5.41, 5.74) is 2.94. The van der Waals surface area contributed by atoms with Crippen molar-refractivity contribution in [3.63, 3.8) is 0 Å². The molecule has 1 aliphatic heterocycles. The first kappa shape index (κ1) is 21.8. The first-order valence-electron chi connectivity index (χ1n) is 10.8. The molecule has 0 radical (unpaired) electrons. The first-order chi connectivity index (χ1) is 15.6. The van der Waals surface area contributed by atoms with E-state index in [9.17, 15) is 9.59 Å². The molecule has 4 rings (SSSR count). The fourth-order valence-corrected chi connectivity index (χ4v) is 3.88. The second-order valence-corrected chi connectivity index (χ2v) is 8.19. The van der Waals surface area contributed by atoms with Gasteiger partial charge in [-0.25, -0.2) is 0 Å². The summed E-state index contributed by atoms with van der Waals surface area (Å²) >= 11 is 0. The van der Waals surface area contributed by atoms with Crippen molar-refractivity contribution in [2.45, 2.75) is 25.7 Å². The van der Waals surface area contributed by atoms with Gasteiger partial charge in [0, 0.05) is 51.5 Å². The zero-order chi connectivity index (χ0) is 22.3. The van der Waals surface area contributed by atoms with Gasteiger partial charge in [0.15, 0.2) is 0 Å². The largest absolute Gasteiger partial charge is 0.370 e. The molecule has 1 aliphatic rings. The van der Waals surface area contributed by atoms with Crippen LogP contribution in [0.1, 0.15) is 16.7 Å². The Labute approximate surface area is 188 Å². The summed E-state index contributed by atoms with van der Waals surface area (Å²) < 4.78 is 8.08. The van der Waals surface area contributed by atoms with Crippen LogP contribution in [-0.2, 0) is 40.9 Å². The van der Waals surface area contributed by atoms with Crippen LogP contribution in [0.4, 0.5) is 0 Å². The number of aryl methyl sites for hydroxylation is 1. The molecular formula is C25H28N4O3. The van der Waals surface area contributed by atoms with Crippen molar-refractivity contribution in [1.82, 2.24) is 19.4 Å². The molecule has 3 aromatic rings. The number of nitrogens with zero attached hydrogens (tertiary/aromatic N) is 4. The van der Waals surface area contributed by atoms with E-state index in [1.54, 1.807) is 22.2 Å². The highest BCUT2D eigenvalue weighted by Gasteiger charge is 2.31. The van der Waals surface area contributed by atoms with Crippen molar-refractivity contribution in [2.75, 3.05) is 19.6 Å². The standard InChI is InChI=1S/C25H28N4O3/c1-27-11-9-21(14-27)12-24(30)29-17-23(32-19-22-8-5-10-26-13-22)16-28(25(31)18-29)15-20-6-3-2-4-7-20/h2-11,13-14,23H,12,15-19H2,1H3. The minimum atomic E-state index is -0.287. The van der Waals surface area contributed by atoms with Crippen LogP contribution in [0.2, 0.25) is 0 Å². The summed E-state index contributed by atoms with van der Waals surface area (Å²) in [7, 11) is 1.92. The molecule has 32 heavy (non-hydrogen) atoms. The summed E-state index contributed by atoms with van der Waals surface area (Å²) in [5.74, 6) is -0.135. The third kappa shape index (κ3) is 5.82. The van der Waals surface area contributed by atoms with Gasteiger partial charge in [-0.2, -0.15) is 0 Å². The third-order valence-corrected chi connectivity index (χ3v) is 5.55. The fourth-order valence-electron chi connectivity index (χ4n) is 3.88. The Morgan fingerprint density at radius 2 is 1.88 bits per heavy atom. The number of carbonyl (C=O) groups excluding carboxylic acids is 2. The maximum absolute atomic E-state index is 13.1. The minimum absolute atomic E-state index is 0.0608. The first-order valence-corrected chi connectivity index (χ1v) is 10.8. The zero-order valence-electron chi connectivity index (χ0n) is 18.3. The molecule has 7 heteroatoms. The van der Waals surface area contributed by atoms with Gasteiger partial charge in [0.05, 0.1) is 25.7 Å². The van der Waals surface area contributed by atoms with Crippen molar-refractivity contribution in [3.8, 4) is 0 Å². The Morgan fingerprint density at radius 1 is 1.06 bits per heavy atom. The van der Waals surface area contributed by atoms with E-state index in [1.807, 2.05) is 72.5 Å². The van der Waals surface area contributed by atoms with Crippen LogP contribution < -0.4 is 0 Å². The maximum atomic E-state index is 13.1. The molecule has 0 bridgehead atoms. The Hall–Kier alpha value is -3.45. The average Bonchev–Trinajstić information content (AvgIpc) is 3.14. The van der Waals surface area contributed by atoms with Gasteiger partial charge in [-0.3, -0.25) is 14.6 Å². The van der Waals surface area contributed by atoms with Crippen LogP contribution in [0.3, 0.4) is 0 Å². The number of benzene rings is 1. The lowest BCUT2D eigenvalue weighted by atomic mass is 10.2. The number of carbonyl (C=O) groups is 2. The Bertz CT molecular complexity index is 1040. The molecular weight excluding hydrogens is 404 g/mol. The van der Waals surface area contributed by atoms with Gasteiger partial charge in [0.25, 0.3) is 0 Å². The zero-order valence-corrected chi connectivity index (χ0v) is 18.3. The van der Waals surface area contributed by atoms with E-state index in [0.29, 0.717) is 26.2 Å². The lowest BCUT2D eigenvalue weighted by Crippen LogP contribution is -2.40. The highest BCUT2D eigenvalue weighted by atomic mass is 16.5. The summed E-state index contributed by atoms with van der Waals surface area (Å²) in [6, 6.07) is 15.6. The van der Waals surface area contributed by atoms with Gasteiger partial charge in [-0.1, -0.05) is 36.4 Å². The number of pyridine rings is 1. The fraction of sp³-hybridized carbons (Fsp3) is 0.320. The van der Waals surface area contributed by atoms with Crippen LogP contribution >= 0.6 is 0 Å². The van der Waals surface area contributed by atoms with Crippen molar-refractivity contribution in [3.05, 3.63) is 90.0 Å². The lowest BCUT2D eigenvalue weighted by molar-refractivity contribution is -0.138. The minimum Gasteiger partial charge on any atom is -0.370 e. The van der Waals surface area contributed by atoms with Crippen LogP contribution in [0, 0.1) is 0 Å². The average molecular weight is 433 g/mol. The molecule has 1 aromatic carbocycles. The molecule has 1 atom stereocenters. The molecule has 7 nitrogen and oxygen atoms in total. The second kappa shape index (κ2) is 10.2. The predicted octanol–water partition coefficient (Wildman–Crippen LogP) is 2.42. The van der Waals surface area contributed by atoms with Gasteiger partial charge in [0.2, 0.25) is 11.8 Å². The summed E-state index contributed by atoms with van der Waals surface area (Å²) in [6.07, 6.45) is 7.31. The predicted molar refractivity (Wildman–Crippen MR) is 120 cm³/mol. The Kier molecular flexibility index (Phi) is 6.97. The van der Waals surface area contributed by atoms with Gasteiger partial charge >= 0.3 is 0 Å². The topological polar surface area (TPSA) is 67.7 Å². The Morgan fingerprint density at radius 3 is 2.59 bits per heavy atom. The lowest BCUT2D eigenvalue weighted by Gasteiger charge is -2.25. The van der Waals surface area contributed by atoms with Gasteiger partial charge < -0.3 is 19.1 Å². The normalized spacial score (nSPS) is 16.8. The van der Waals surface area contributed by atoms with Crippen LogP contribution in [0.5, 0.6) is 0 Å². The summed E-state index contributed by atoms with van der Waals surface area (Å²) in [6.45, 7) is 1.75. The van der Waals surface area contributed by atoms with Crippen molar-refractivity contribution < 1.29 is 14.3 Å². The van der Waals surface area contributed by atoms with Crippen molar-refractivity contribution in [1.29, 1.82) is 0 Å². The molecule has 1 unspecified atom stereocenters. The van der Waals surface area contributed by atoms with E-state index in [2.05, 4.69) is 4.98 Å².